The van der Waals surface area contributed by atoms with E-state index in [1.165, 1.54) is 0 Å². The van der Waals surface area contributed by atoms with Gasteiger partial charge in [0.2, 0.25) is 0 Å². The van der Waals surface area contributed by atoms with Crippen LogP contribution in [0.4, 0.5) is 0 Å². The first-order chi connectivity index (χ1) is 7.81. The molecule has 1 aromatic carbocycles. The van der Waals surface area contributed by atoms with Crippen LogP contribution in [0.15, 0.2) is 18.2 Å². The lowest BCUT2D eigenvalue weighted by Crippen LogP contribution is -2.21. The molecule has 1 N–H and O–H groups in total. The molecule has 0 amide bonds. The SMILES string of the molecule is C#CCNC1CCCOc2ccc(Cl)cc21. The predicted octanol–water partition coefficient (Wildman–Crippen LogP) is 2.78. The summed E-state index contributed by atoms with van der Waals surface area (Å²) in [6.07, 6.45) is 7.31. The molecule has 16 heavy (non-hydrogen) atoms. The van der Waals surface area contributed by atoms with Gasteiger partial charge >= 0.3 is 0 Å². The van der Waals surface area contributed by atoms with Gasteiger partial charge in [0.15, 0.2) is 0 Å². The van der Waals surface area contributed by atoms with E-state index in [2.05, 4.69) is 11.2 Å². The van der Waals surface area contributed by atoms with Crippen molar-refractivity contribution in [1.82, 2.24) is 5.32 Å². The van der Waals surface area contributed by atoms with Crippen molar-refractivity contribution in [2.45, 2.75) is 18.9 Å². The van der Waals surface area contributed by atoms with E-state index in [0.29, 0.717) is 6.54 Å². The molecule has 0 saturated carbocycles. The number of halogens is 1. The van der Waals surface area contributed by atoms with Crippen molar-refractivity contribution in [2.75, 3.05) is 13.2 Å². The smallest absolute Gasteiger partial charge is 0.124 e. The van der Waals surface area contributed by atoms with E-state index in [0.717, 1.165) is 35.8 Å². The first-order valence-electron chi connectivity index (χ1n) is 5.40. The van der Waals surface area contributed by atoms with Crippen LogP contribution in [-0.4, -0.2) is 13.2 Å². The third-order valence-corrected chi connectivity index (χ3v) is 2.93. The van der Waals surface area contributed by atoms with Crippen LogP contribution < -0.4 is 10.1 Å². The molecule has 84 valence electrons. The molecule has 0 bridgehead atoms. The number of nitrogens with one attached hydrogen (secondary N) is 1. The van der Waals surface area contributed by atoms with E-state index in [9.17, 15) is 0 Å². The topological polar surface area (TPSA) is 21.3 Å². The normalized spacial score (nSPS) is 19.1. The molecule has 2 rings (SSSR count). The van der Waals surface area contributed by atoms with Crippen molar-refractivity contribution in [2.24, 2.45) is 0 Å². The molecule has 0 fully saturated rings. The van der Waals surface area contributed by atoms with Gasteiger partial charge in [-0.25, -0.2) is 0 Å². The minimum absolute atomic E-state index is 0.243. The van der Waals surface area contributed by atoms with Crippen LogP contribution >= 0.6 is 11.6 Å². The summed E-state index contributed by atoms with van der Waals surface area (Å²) in [5.41, 5.74) is 1.11. The third-order valence-electron chi connectivity index (χ3n) is 2.69. The van der Waals surface area contributed by atoms with Crippen molar-refractivity contribution in [3.05, 3.63) is 28.8 Å². The van der Waals surface area contributed by atoms with Crippen LogP contribution in [0.25, 0.3) is 0 Å². The molecule has 0 radical (unpaired) electrons. The Bertz CT molecular complexity index is 411. The Morgan fingerprint density at radius 2 is 2.44 bits per heavy atom. The van der Waals surface area contributed by atoms with Crippen molar-refractivity contribution < 1.29 is 4.74 Å². The summed E-state index contributed by atoms with van der Waals surface area (Å²) in [6, 6.07) is 5.97. The maximum Gasteiger partial charge on any atom is 0.124 e. The Hall–Kier alpha value is -1.17. The zero-order chi connectivity index (χ0) is 11.4. The van der Waals surface area contributed by atoms with Crippen molar-refractivity contribution in [3.63, 3.8) is 0 Å². The average Bonchev–Trinajstić information content (AvgIpc) is 2.48. The summed E-state index contributed by atoms with van der Waals surface area (Å²) in [5, 5.41) is 4.05. The maximum atomic E-state index is 6.01. The van der Waals surface area contributed by atoms with Crippen LogP contribution in [0, 0.1) is 12.3 Å². The summed E-state index contributed by atoms with van der Waals surface area (Å²) in [6.45, 7) is 1.32. The molecule has 2 nitrogen and oxygen atoms in total. The molecule has 1 heterocycles. The van der Waals surface area contributed by atoms with Gasteiger partial charge in [-0.2, -0.15) is 0 Å². The monoisotopic (exact) mass is 235 g/mol. The van der Waals surface area contributed by atoms with Crippen LogP contribution in [0.1, 0.15) is 24.4 Å². The quantitative estimate of drug-likeness (QED) is 0.796. The molecule has 0 saturated heterocycles. The molecular weight excluding hydrogens is 222 g/mol. The number of fused-ring (bicyclic) bond motifs is 1. The Balaban J connectivity index is 2.28. The lowest BCUT2D eigenvalue weighted by atomic mass is 10.0. The number of ether oxygens (including phenoxy) is 1. The second-order valence-electron chi connectivity index (χ2n) is 3.81. The Morgan fingerprint density at radius 3 is 3.25 bits per heavy atom. The zero-order valence-electron chi connectivity index (χ0n) is 9.00. The molecule has 1 aliphatic rings. The minimum atomic E-state index is 0.243. The highest BCUT2D eigenvalue weighted by Gasteiger charge is 2.19. The van der Waals surface area contributed by atoms with Gasteiger partial charge in [0.05, 0.1) is 13.2 Å². The standard InChI is InChI=1S/C13H14ClNO/c1-2-7-15-12-4-3-8-16-13-6-5-10(14)9-11(12)13/h1,5-6,9,12,15H,3-4,7-8H2. The molecule has 0 aliphatic carbocycles. The Kier molecular flexibility index (Phi) is 3.71. The van der Waals surface area contributed by atoms with Crippen LogP contribution in [0.2, 0.25) is 5.02 Å². The lowest BCUT2D eigenvalue weighted by molar-refractivity contribution is 0.315. The average molecular weight is 236 g/mol. The molecular formula is C13H14ClNO. The first-order valence-corrected chi connectivity index (χ1v) is 5.78. The fraction of sp³-hybridized carbons (Fsp3) is 0.385. The fourth-order valence-electron chi connectivity index (χ4n) is 1.94. The van der Waals surface area contributed by atoms with Gasteiger partial charge in [0.25, 0.3) is 0 Å². The van der Waals surface area contributed by atoms with E-state index in [4.69, 9.17) is 22.8 Å². The molecule has 0 aromatic heterocycles. The highest BCUT2D eigenvalue weighted by molar-refractivity contribution is 6.30. The number of hydrogen-bond donors (Lipinski definition) is 1. The second-order valence-corrected chi connectivity index (χ2v) is 4.25. The van der Waals surface area contributed by atoms with Gasteiger partial charge < -0.3 is 4.74 Å². The van der Waals surface area contributed by atoms with Gasteiger partial charge in [-0.05, 0) is 31.0 Å². The van der Waals surface area contributed by atoms with E-state index >= 15 is 0 Å². The minimum Gasteiger partial charge on any atom is -0.493 e. The Morgan fingerprint density at radius 1 is 1.56 bits per heavy atom. The fourth-order valence-corrected chi connectivity index (χ4v) is 2.12. The van der Waals surface area contributed by atoms with E-state index in [1.807, 2.05) is 18.2 Å². The number of terminal acetylenes is 1. The van der Waals surface area contributed by atoms with Gasteiger partial charge in [-0.15, -0.1) is 6.42 Å². The van der Waals surface area contributed by atoms with Gasteiger partial charge in [-0.1, -0.05) is 17.5 Å². The Labute approximate surface area is 101 Å². The molecule has 3 heteroatoms. The summed E-state index contributed by atoms with van der Waals surface area (Å²) >= 11 is 6.01. The summed E-state index contributed by atoms with van der Waals surface area (Å²) in [4.78, 5) is 0. The van der Waals surface area contributed by atoms with Crippen LogP contribution in [-0.2, 0) is 0 Å². The number of rotatable bonds is 2. The van der Waals surface area contributed by atoms with Gasteiger partial charge in [0.1, 0.15) is 5.75 Å². The molecule has 1 aliphatic heterocycles. The van der Waals surface area contributed by atoms with E-state index < -0.39 is 0 Å². The highest BCUT2D eigenvalue weighted by atomic mass is 35.5. The first kappa shape index (κ1) is 11.3. The largest absolute Gasteiger partial charge is 0.493 e. The molecule has 1 atom stereocenters. The summed E-state index contributed by atoms with van der Waals surface area (Å²) < 4.78 is 5.66. The van der Waals surface area contributed by atoms with Gasteiger partial charge in [-0.3, -0.25) is 5.32 Å². The summed E-state index contributed by atoms with van der Waals surface area (Å²) in [5.74, 6) is 3.51. The lowest BCUT2D eigenvalue weighted by Gasteiger charge is -2.17. The summed E-state index contributed by atoms with van der Waals surface area (Å²) in [7, 11) is 0. The third kappa shape index (κ3) is 2.49. The second kappa shape index (κ2) is 5.25. The van der Waals surface area contributed by atoms with Crippen molar-refractivity contribution >= 4 is 11.6 Å². The highest BCUT2D eigenvalue weighted by Crippen LogP contribution is 2.33. The predicted molar refractivity (Wildman–Crippen MR) is 65.8 cm³/mol. The van der Waals surface area contributed by atoms with Gasteiger partial charge in [0, 0.05) is 16.6 Å². The number of benzene rings is 1. The van der Waals surface area contributed by atoms with Crippen LogP contribution in [0.3, 0.4) is 0 Å². The van der Waals surface area contributed by atoms with Crippen molar-refractivity contribution in [1.29, 1.82) is 0 Å². The zero-order valence-corrected chi connectivity index (χ0v) is 9.76. The van der Waals surface area contributed by atoms with E-state index in [-0.39, 0.29) is 6.04 Å². The molecule has 1 aromatic rings. The maximum absolute atomic E-state index is 6.01. The molecule has 0 spiro atoms. The van der Waals surface area contributed by atoms with Crippen molar-refractivity contribution in [3.8, 4) is 18.1 Å². The van der Waals surface area contributed by atoms with E-state index in [1.54, 1.807) is 0 Å². The molecule has 1 unspecified atom stereocenters. The number of hydrogen-bond acceptors (Lipinski definition) is 2. The van der Waals surface area contributed by atoms with Crippen LogP contribution in [0.5, 0.6) is 5.75 Å².